The van der Waals surface area contributed by atoms with Crippen molar-refractivity contribution in [2.75, 3.05) is 25.0 Å². The molecule has 0 atom stereocenters. The maximum absolute atomic E-state index is 12.1. The van der Waals surface area contributed by atoms with Crippen LogP contribution < -0.4 is 15.4 Å². The lowest BCUT2D eigenvalue weighted by atomic mass is 10.1. The molecule has 8 nitrogen and oxygen atoms in total. The van der Waals surface area contributed by atoms with E-state index >= 15 is 0 Å². The van der Waals surface area contributed by atoms with Gasteiger partial charge in [-0.3, -0.25) is 4.79 Å². The van der Waals surface area contributed by atoms with Crippen LogP contribution in [0.1, 0.15) is 13.3 Å². The number of aromatic nitrogens is 4. The average Bonchev–Trinajstić information content (AvgIpc) is 3.20. The maximum atomic E-state index is 12.1. The summed E-state index contributed by atoms with van der Waals surface area (Å²) in [5.74, 6) is 1.27. The molecule has 4 aromatic rings. The fraction of sp³-hybridized carbons (Fsp3) is 0.273. The second kappa shape index (κ2) is 9.21. The van der Waals surface area contributed by atoms with Gasteiger partial charge in [-0.15, -0.1) is 0 Å². The van der Waals surface area contributed by atoms with Crippen molar-refractivity contribution in [1.29, 1.82) is 0 Å². The van der Waals surface area contributed by atoms with E-state index in [1.54, 1.807) is 10.9 Å². The maximum Gasteiger partial charge on any atom is 0.258 e. The summed E-state index contributed by atoms with van der Waals surface area (Å²) in [6.45, 7) is 3.84. The Bertz CT molecular complexity index is 1160. The van der Waals surface area contributed by atoms with Gasteiger partial charge in [0.2, 0.25) is 0 Å². The van der Waals surface area contributed by atoms with Gasteiger partial charge < -0.3 is 15.4 Å². The highest BCUT2D eigenvalue weighted by Crippen LogP contribution is 2.20. The number of nitrogens with one attached hydrogen (secondary N) is 2. The van der Waals surface area contributed by atoms with E-state index in [1.165, 1.54) is 6.33 Å². The van der Waals surface area contributed by atoms with Crippen molar-refractivity contribution >= 4 is 33.5 Å². The van der Waals surface area contributed by atoms with Crippen LogP contribution in [0.4, 0.5) is 5.82 Å². The smallest absolute Gasteiger partial charge is 0.258 e. The molecule has 2 heterocycles. The molecule has 1 amide bonds. The number of carbonyl (C=O) groups is 1. The zero-order valence-electron chi connectivity index (χ0n) is 16.8. The molecule has 8 heteroatoms. The number of anilines is 1. The number of rotatable bonds is 9. The van der Waals surface area contributed by atoms with Gasteiger partial charge in [0.1, 0.15) is 17.9 Å². The monoisotopic (exact) mass is 404 g/mol. The summed E-state index contributed by atoms with van der Waals surface area (Å²) in [6.07, 6.45) is 4.28. The number of amides is 1. The zero-order chi connectivity index (χ0) is 20.8. The van der Waals surface area contributed by atoms with E-state index in [0.29, 0.717) is 18.8 Å². The molecule has 0 aliphatic heterocycles. The Morgan fingerprint density at radius 3 is 2.83 bits per heavy atom. The quantitative estimate of drug-likeness (QED) is 0.445. The van der Waals surface area contributed by atoms with E-state index < -0.39 is 0 Å². The predicted octanol–water partition coefficient (Wildman–Crippen LogP) is 3.00. The van der Waals surface area contributed by atoms with Gasteiger partial charge in [-0.2, -0.15) is 5.10 Å². The normalized spacial score (nSPS) is 11.0. The largest absolute Gasteiger partial charge is 0.484 e. The molecule has 0 bridgehead atoms. The number of hydrogen-bond acceptors (Lipinski definition) is 6. The van der Waals surface area contributed by atoms with Crippen molar-refractivity contribution in [2.24, 2.45) is 0 Å². The summed E-state index contributed by atoms with van der Waals surface area (Å²) >= 11 is 0. The lowest BCUT2D eigenvalue weighted by Crippen LogP contribution is -2.31. The lowest BCUT2D eigenvalue weighted by molar-refractivity contribution is -0.123. The van der Waals surface area contributed by atoms with E-state index in [9.17, 15) is 4.79 Å². The van der Waals surface area contributed by atoms with Crippen LogP contribution in [-0.2, 0) is 11.3 Å². The first-order valence-electron chi connectivity index (χ1n) is 10.0. The van der Waals surface area contributed by atoms with Gasteiger partial charge in [0.25, 0.3) is 5.91 Å². The second-order valence-corrected chi connectivity index (χ2v) is 6.90. The van der Waals surface area contributed by atoms with Crippen molar-refractivity contribution in [2.45, 2.75) is 19.9 Å². The number of nitrogens with zero attached hydrogens (tertiary/aromatic N) is 4. The van der Waals surface area contributed by atoms with Gasteiger partial charge in [0.05, 0.1) is 18.1 Å². The average molecular weight is 404 g/mol. The van der Waals surface area contributed by atoms with E-state index in [1.807, 2.05) is 42.5 Å². The molecule has 2 aromatic heterocycles. The number of benzene rings is 2. The van der Waals surface area contributed by atoms with Crippen molar-refractivity contribution < 1.29 is 9.53 Å². The number of fused-ring (bicyclic) bond motifs is 2. The molecule has 154 valence electrons. The molecule has 2 aromatic carbocycles. The molecule has 0 saturated carbocycles. The second-order valence-electron chi connectivity index (χ2n) is 6.90. The van der Waals surface area contributed by atoms with Gasteiger partial charge in [0.15, 0.2) is 12.3 Å². The van der Waals surface area contributed by atoms with E-state index in [-0.39, 0.29) is 12.5 Å². The van der Waals surface area contributed by atoms with Gasteiger partial charge in [-0.05, 0) is 29.3 Å². The highest BCUT2D eigenvalue weighted by atomic mass is 16.5. The van der Waals surface area contributed by atoms with Crippen LogP contribution >= 0.6 is 0 Å². The van der Waals surface area contributed by atoms with Crippen LogP contribution in [0.15, 0.2) is 55.0 Å². The summed E-state index contributed by atoms with van der Waals surface area (Å²) in [5, 5.41) is 13.6. The third-order valence-corrected chi connectivity index (χ3v) is 4.71. The summed E-state index contributed by atoms with van der Waals surface area (Å²) in [5.41, 5.74) is 0.741. The Hall–Kier alpha value is -3.68. The van der Waals surface area contributed by atoms with Gasteiger partial charge in [0, 0.05) is 13.1 Å². The zero-order valence-corrected chi connectivity index (χ0v) is 16.8. The molecule has 2 N–H and O–H groups in total. The molecule has 0 saturated heterocycles. The van der Waals surface area contributed by atoms with Gasteiger partial charge >= 0.3 is 0 Å². The minimum atomic E-state index is -0.181. The molecule has 0 radical (unpaired) electrons. The van der Waals surface area contributed by atoms with Gasteiger partial charge in [-0.25, -0.2) is 14.6 Å². The highest BCUT2D eigenvalue weighted by Gasteiger charge is 2.10. The Morgan fingerprint density at radius 1 is 1.10 bits per heavy atom. The number of ether oxygens (including phenoxy) is 1. The minimum absolute atomic E-state index is 0.0363. The van der Waals surface area contributed by atoms with E-state index in [4.69, 9.17) is 4.74 Å². The Labute approximate surface area is 174 Å². The fourth-order valence-electron chi connectivity index (χ4n) is 3.20. The molecule has 0 fully saturated rings. The van der Waals surface area contributed by atoms with Crippen LogP contribution in [-0.4, -0.2) is 45.4 Å². The summed E-state index contributed by atoms with van der Waals surface area (Å²) < 4.78 is 7.39. The van der Waals surface area contributed by atoms with Crippen LogP contribution in [0.5, 0.6) is 5.75 Å². The van der Waals surface area contributed by atoms with E-state index in [0.717, 1.165) is 40.6 Å². The minimum Gasteiger partial charge on any atom is -0.484 e. The number of carbonyl (C=O) groups excluding carboxylic acids is 1. The van der Waals surface area contributed by atoms with Crippen molar-refractivity contribution in [3.63, 3.8) is 0 Å². The fourth-order valence-corrected chi connectivity index (χ4v) is 3.20. The first kappa shape index (κ1) is 19.6. The standard InChI is InChI=1S/C22H24N6O2/c1-2-9-24-21-19-13-27-28(22(19)26-15-25-21)11-10-23-20(29)14-30-18-8-7-16-5-3-4-6-17(16)12-18/h3-8,12-13,15H,2,9-11,14H2,1H3,(H,23,29)(H,24,25,26). The van der Waals surface area contributed by atoms with Crippen LogP contribution in [0.3, 0.4) is 0 Å². The van der Waals surface area contributed by atoms with Crippen molar-refractivity contribution in [1.82, 2.24) is 25.1 Å². The predicted molar refractivity (Wildman–Crippen MR) is 117 cm³/mol. The number of hydrogen-bond donors (Lipinski definition) is 2. The summed E-state index contributed by atoms with van der Waals surface area (Å²) in [7, 11) is 0. The Balaban J connectivity index is 1.29. The van der Waals surface area contributed by atoms with Crippen LogP contribution in [0.2, 0.25) is 0 Å². The Morgan fingerprint density at radius 2 is 1.97 bits per heavy atom. The summed E-state index contributed by atoms with van der Waals surface area (Å²) in [6, 6.07) is 13.8. The van der Waals surface area contributed by atoms with Crippen LogP contribution in [0, 0.1) is 0 Å². The molecule has 0 aliphatic carbocycles. The first-order valence-corrected chi connectivity index (χ1v) is 10.0. The highest BCUT2D eigenvalue weighted by molar-refractivity contribution is 5.86. The third kappa shape index (κ3) is 4.48. The molecular formula is C22H24N6O2. The van der Waals surface area contributed by atoms with Crippen molar-refractivity contribution in [3.05, 3.63) is 55.0 Å². The first-order chi connectivity index (χ1) is 14.7. The topological polar surface area (TPSA) is 94.0 Å². The molecule has 0 spiro atoms. The Kier molecular flexibility index (Phi) is 6.03. The van der Waals surface area contributed by atoms with Gasteiger partial charge in [-0.1, -0.05) is 37.3 Å². The third-order valence-electron chi connectivity index (χ3n) is 4.71. The lowest BCUT2D eigenvalue weighted by Gasteiger charge is -2.09. The molecule has 0 aliphatic rings. The van der Waals surface area contributed by atoms with Crippen molar-refractivity contribution in [3.8, 4) is 5.75 Å². The molecule has 30 heavy (non-hydrogen) atoms. The SMILES string of the molecule is CCCNc1ncnc2c1cnn2CCNC(=O)COc1ccc2ccccc2c1. The molecular weight excluding hydrogens is 380 g/mol. The molecule has 0 unspecified atom stereocenters. The summed E-state index contributed by atoms with van der Waals surface area (Å²) in [4.78, 5) is 20.7. The van der Waals surface area contributed by atoms with Crippen LogP contribution in [0.25, 0.3) is 21.8 Å². The molecule has 4 rings (SSSR count). The van der Waals surface area contributed by atoms with E-state index in [2.05, 4.69) is 32.6 Å².